The van der Waals surface area contributed by atoms with E-state index in [1.807, 2.05) is 56.5 Å². The second kappa shape index (κ2) is 6.54. The van der Waals surface area contributed by atoms with Gasteiger partial charge in [-0.3, -0.25) is 4.79 Å². The zero-order valence-corrected chi connectivity index (χ0v) is 14.4. The molecule has 0 radical (unpaired) electrons. The maximum atomic E-state index is 12.5. The number of carbonyl (C=O) groups is 1. The molecule has 0 spiro atoms. The summed E-state index contributed by atoms with van der Waals surface area (Å²) >= 11 is 0. The first kappa shape index (κ1) is 17.2. The highest BCUT2D eigenvalue weighted by Crippen LogP contribution is 2.20. The zero-order valence-electron chi connectivity index (χ0n) is 14.4. The van der Waals surface area contributed by atoms with Gasteiger partial charge in [0.25, 0.3) is 5.91 Å². The summed E-state index contributed by atoms with van der Waals surface area (Å²) in [5.74, 6) is 0.667. The number of carbonyl (C=O) groups excluding carboxylic acids is 1. The number of hydrogen-bond acceptors (Lipinski definition) is 3. The van der Waals surface area contributed by atoms with E-state index >= 15 is 0 Å². The van der Waals surface area contributed by atoms with E-state index < -0.39 is 5.60 Å². The topological polar surface area (TPSA) is 67.2 Å². The molecule has 0 aliphatic carbocycles. The lowest BCUT2D eigenvalue weighted by Gasteiger charge is -2.27. The fourth-order valence-electron chi connectivity index (χ4n) is 2.39. The number of nitrogens with zero attached hydrogens (tertiary/aromatic N) is 2. The van der Waals surface area contributed by atoms with Gasteiger partial charge in [-0.15, -0.1) is 0 Å². The number of aromatic nitrogens is 2. The first-order valence-corrected chi connectivity index (χ1v) is 7.85. The van der Waals surface area contributed by atoms with Gasteiger partial charge in [-0.25, -0.2) is 4.98 Å². The maximum absolute atomic E-state index is 12.5. The first-order valence-electron chi connectivity index (χ1n) is 7.85. The number of aliphatic hydroxyl groups is 1. The van der Waals surface area contributed by atoms with Gasteiger partial charge in [0.05, 0.1) is 11.2 Å². The van der Waals surface area contributed by atoms with Gasteiger partial charge in [0.15, 0.2) is 0 Å². The lowest BCUT2D eigenvalue weighted by molar-refractivity contribution is 0.0142. The molecule has 0 saturated carbocycles. The van der Waals surface area contributed by atoms with E-state index in [9.17, 15) is 9.90 Å². The van der Waals surface area contributed by atoms with E-state index in [1.54, 1.807) is 13.1 Å². The van der Waals surface area contributed by atoms with Crippen LogP contribution < -0.4 is 5.32 Å². The lowest BCUT2D eigenvalue weighted by atomic mass is 9.92. The van der Waals surface area contributed by atoms with Crippen LogP contribution in [0.3, 0.4) is 0 Å². The van der Waals surface area contributed by atoms with Gasteiger partial charge in [-0.1, -0.05) is 19.9 Å². The molecular formula is C18H25N3O2. The number of nitrogens with one attached hydrogen (secondary N) is 1. The van der Waals surface area contributed by atoms with Crippen LogP contribution in [0.2, 0.25) is 0 Å². The summed E-state index contributed by atoms with van der Waals surface area (Å²) in [5, 5.41) is 13.1. The van der Waals surface area contributed by atoms with E-state index in [-0.39, 0.29) is 18.4 Å². The van der Waals surface area contributed by atoms with Gasteiger partial charge in [0, 0.05) is 24.1 Å². The minimum absolute atomic E-state index is 0.0590. The smallest absolute Gasteiger partial charge is 0.253 e. The summed E-state index contributed by atoms with van der Waals surface area (Å²) in [7, 11) is 0. The van der Waals surface area contributed by atoms with Gasteiger partial charge in [0.1, 0.15) is 5.82 Å². The fourth-order valence-corrected chi connectivity index (χ4v) is 2.39. The first-order chi connectivity index (χ1) is 10.7. The molecule has 2 aromatic rings. The number of aryl methyl sites for hydroxylation is 1. The predicted octanol–water partition coefficient (Wildman–Crippen LogP) is 2.63. The zero-order chi connectivity index (χ0) is 17.2. The molecule has 0 fully saturated rings. The third-order valence-electron chi connectivity index (χ3n) is 4.40. The number of rotatable bonds is 5. The Labute approximate surface area is 137 Å². The largest absolute Gasteiger partial charge is 0.388 e. The van der Waals surface area contributed by atoms with Crippen molar-refractivity contribution in [3.63, 3.8) is 0 Å². The fraction of sp³-hybridized carbons (Fsp3) is 0.444. The molecule has 23 heavy (non-hydrogen) atoms. The maximum Gasteiger partial charge on any atom is 0.253 e. The number of hydrogen-bond donors (Lipinski definition) is 2. The van der Waals surface area contributed by atoms with Crippen LogP contribution >= 0.6 is 0 Å². The molecule has 5 nitrogen and oxygen atoms in total. The Morgan fingerprint density at radius 1 is 1.39 bits per heavy atom. The summed E-state index contributed by atoms with van der Waals surface area (Å²) in [6, 6.07) is 7.54. The highest BCUT2D eigenvalue weighted by Gasteiger charge is 2.26. The number of amides is 1. The average molecular weight is 315 g/mol. The third-order valence-corrected chi connectivity index (χ3v) is 4.40. The number of pyridine rings is 1. The van der Waals surface area contributed by atoms with E-state index in [2.05, 4.69) is 10.3 Å². The monoisotopic (exact) mass is 315 g/mol. The molecule has 2 rings (SSSR count). The van der Waals surface area contributed by atoms with Crippen molar-refractivity contribution in [2.45, 2.75) is 40.2 Å². The molecule has 0 bridgehead atoms. The summed E-state index contributed by atoms with van der Waals surface area (Å²) in [6.45, 7) is 9.66. The van der Waals surface area contributed by atoms with Crippen LogP contribution in [0.1, 0.15) is 42.5 Å². The molecule has 0 saturated heterocycles. The standard InChI is InChI=1S/C18H25N3O2/c1-12(2)18(5,23)11-20-17(22)15-10-13(3)21(14(15)4)16-8-6-7-9-19-16/h6-10,12,23H,11H2,1-5H3,(H,20,22). The highest BCUT2D eigenvalue weighted by atomic mass is 16.3. The molecule has 0 aliphatic rings. The second-order valence-corrected chi connectivity index (χ2v) is 6.50. The van der Waals surface area contributed by atoms with E-state index in [0.717, 1.165) is 17.2 Å². The van der Waals surface area contributed by atoms with Gasteiger partial charge >= 0.3 is 0 Å². The molecule has 1 amide bonds. The molecule has 0 aromatic carbocycles. The van der Waals surface area contributed by atoms with Crippen LogP contribution in [0.4, 0.5) is 0 Å². The van der Waals surface area contributed by atoms with Crippen molar-refractivity contribution in [2.75, 3.05) is 6.54 Å². The van der Waals surface area contributed by atoms with Crippen molar-refractivity contribution < 1.29 is 9.90 Å². The summed E-state index contributed by atoms with van der Waals surface area (Å²) in [4.78, 5) is 16.8. The van der Waals surface area contributed by atoms with Gasteiger partial charge in [-0.05, 0) is 44.9 Å². The highest BCUT2D eigenvalue weighted by molar-refractivity contribution is 5.95. The van der Waals surface area contributed by atoms with Crippen molar-refractivity contribution in [1.82, 2.24) is 14.9 Å². The molecule has 0 aliphatic heterocycles. The van der Waals surface area contributed by atoms with Crippen LogP contribution in [0.25, 0.3) is 5.82 Å². The minimum Gasteiger partial charge on any atom is -0.388 e. The minimum atomic E-state index is -0.928. The summed E-state index contributed by atoms with van der Waals surface area (Å²) < 4.78 is 1.95. The third kappa shape index (κ3) is 3.62. The van der Waals surface area contributed by atoms with Gasteiger partial charge < -0.3 is 15.0 Å². The Morgan fingerprint density at radius 3 is 2.65 bits per heavy atom. The van der Waals surface area contributed by atoms with Crippen molar-refractivity contribution >= 4 is 5.91 Å². The molecule has 2 aromatic heterocycles. The SMILES string of the molecule is Cc1cc(C(=O)NCC(C)(O)C(C)C)c(C)n1-c1ccccn1. The molecule has 1 unspecified atom stereocenters. The van der Waals surface area contributed by atoms with Crippen LogP contribution in [0.5, 0.6) is 0 Å². The van der Waals surface area contributed by atoms with Crippen molar-refractivity contribution in [1.29, 1.82) is 0 Å². The van der Waals surface area contributed by atoms with Crippen LogP contribution in [-0.4, -0.2) is 32.7 Å². The molecule has 1 atom stereocenters. The van der Waals surface area contributed by atoms with E-state index in [4.69, 9.17) is 0 Å². The van der Waals surface area contributed by atoms with Crippen molar-refractivity contribution in [2.24, 2.45) is 5.92 Å². The molecule has 124 valence electrons. The average Bonchev–Trinajstić information content (AvgIpc) is 2.80. The normalized spacial score (nSPS) is 13.9. The second-order valence-electron chi connectivity index (χ2n) is 6.50. The van der Waals surface area contributed by atoms with Crippen molar-refractivity contribution in [3.8, 4) is 5.82 Å². The molecular weight excluding hydrogens is 290 g/mol. The Balaban J connectivity index is 2.23. The van der Waals surface area contributed by atoms with Crippen molar-refractivity contribution in [3.05, 3.63) is 47.4 Å². The summed E-state index contributed by atoms with van der Waals surface area (Å²) in [6.07, 6.45) is 1.73. The van der Waals surface area contributed by atoms with E-state index in [1.165, 1.54) is 0 Å². The molecule has 2 heterocycles. The Bertz CT molecular complexity index is 688. The Kier molecular flexibility index (Phi) is 4.90. The van der Waals surface area contributed by atoms with Crippen LogP contribution in [0.15, 0.2) is 30.5 Å². The van der Waals surface area contributed by atoms with E-state index in [0.29, 0.717) is 5.56 Å². The Hall–Kier alpha value is -2.14. The van der Waals surface area contributed by atoms with Gasteiger partial charge in [-0.2, -0.15) is 0 Å². The van der Waals surface area contributed by atoms with Gasteiger partial charge in [0.2, 0.25) is 0 Å². The molecule has 2 N–H and O–H groups in total. The summed E-state index contributed by atoms with van der Waals surface area (Å²) in [5.41, 5.74) is 1.46. The predicted molar refractivity (Wildman–Crippen MR) is 90.8 cm³/mol. The van der Waals surface area contributed by atoms with Crippen LogP contribution in [0, 0.1) is 19.8 Å². The quantitative estimate of drug-likeness (QED) is 0.891. The molecule has 5 heteroatoms. The van der Waals surface area contributed by atoms with Crippen LogP contribution in [-0.2, 0) is 0 Å². The lowest BCUT2D eigenvalue weighted by Crippen LogP contribution is -2.44. The Morgan fingerprint density at radius 2 is 2.09 bits per heavy atom.